The molecule has 380 valence electrons. The molecule has 1 spiro atoms. The maximum atomic E-state index is 15.0. The van der Waals surface area contributed by atoms with Crippen LogP contribution in [0.3, 0.4) is 0 Å². The van der Waals surface area contributed by atoms with Crippen molar-refractivity contribution in [2.45, 2.75) is 147 Å². The molecule has 11 heteroatoms. The number of carbonyl (C=O) groups excluding carboxylic acids is 2. The fourth-order valence-electron chi connectivity index (χ4n) is 13.5. The summed E-state index contributed by atoms with van der Waals surface area (Å²) in [5.74, 6) is -1.56. The molecule has 11 nitrogen and oxygen atoms in total. The topological polar surface area (TPSA) is 206 Å². The second-order valence-corrected chi connectivity index (χ2v) is 21.8. The van der Waals surface area contributed by atoms with Crippen molar-refractivity contribution in [3.8, 4) is 5.75 Å². The van der Waals surface area contributed by atoms with Crippen LogP contribution < -0.4 is 16.4 Å². The molecule has 0 unspecified atom stereocenters. The molecule has 8 rings (SSSR count). The van der Waals surface area contributed by atoms with E-state index in [4.69, 9.17) is 5.73 Å². The zero-order valence-electron chi connectivity index (χ0n) is 42.0. The zero-order valence-corrected chi connectivity index (χ0v) is 42.0. The molecule has 10 N–H and O–H groups in total. The Hall–Kier alpha value is -4.98. The Kier molecular flexibility index (Phi) is 16.5. The zero-order chi connectivity index (χ0) is 50.6. The Bertz CT molecular complexity index is 2560. The number of carbonyl (C=O) groups is 2. The second kappa shape index (κ2) is 22.4. The predicted octanol–water partition coefficient (Wildman–Crippen LogP) is 7.78. The lowest BCUT2D eigenvalue weighted by atomic mass is 9.51. The highest BCUT2D eigenvalue weighted by atomic mass is 16.3. The molecule has 3 aliphatic carbocycles. The highest BCUT2D eigenvalue weighted by Crippen LogP contribution is 2.68. The van der Waals surface area contributed by atoms with Crippen LogP contribution in [-0.4, -0.2) is 79.4 Å². The minimum absolute atomic E-state index is 0.0252. The number of rotatable bonds is 9. The molecule has 3 fully saturated rings. The second-order valence-electron chi connectivity index (χ2n) is 21.8. The monoisotopic (exact) mass is 968 g/mol. The number of phenolic OH excluding ortho intramolecular Hbond substituents is 1. The number of amides is 1. The highest BCUT2D eigenvalue weighted by molar-refractivity contribution is 5.98. The van der Waals surface area contributed by atoms with Crippen LogP contribution in [0.2, 0.25) is 0 Å². The first-order valence-corrected chi connectivity index (χ1v) is 26.1. The van der Waals surface area contributed by atoms with Crippen LogP contribution in [0.15, 0.2) is 125 Å². The summed E-state index contributed by atoms with van der Waals surface area (Å²) in [5.41, 5.74) is 13.4. The van der Waals surface area contributed by atoms with Gasteiger partial charge in [-0.2, -0.15) is 0 Å². The van der Waals surface area contributed by atoms with Gasteiger partial charge in [0.1, 0.15) is 18.0 Å². The van der Waals surface area contributed by atoms with Gasteiger partial charge in [0, 0.05) is 24.3 Å². The Morgan fingerprint density at radius 3 is 2.45 bits per heavy atom. The lowest BCUT2D eigenvalue weighted by Crippen LogP contribution is -2.61. The number of β-amino-alcohol motifs (C(OH)–C–C–N with tert-alkyl or cyclic N) is 1. The van der Waals surface area contributed by atoms with Gasteiger partial charge in [-0.1, -0.05) is 109 Å². The molecule has 0 saturated heterocycles. The van der Waals surface area contributed by atoms with Crippen LogP contribution >= 0.6 is 0 Å². The number of nitrogens with two attached hydrogens (primary N) is 1. The minimum Gasteiger partial charge on any atom is -0.508 e. The molecule has 0 radical (unpaired) electrons. The van der Waals surface area contributed by atoms with Crippen molar-refractivity contribution in [3.63, 3.8) is 0 Å². The molecule has 1 amide bonds. The quantitative estimate of drug-likeness (QED) is 0.0752. The van der Waals surface area contributed by atoms with Crippen molar-refractivity contribution in [3.05, 3.63) is 159 Å². The third-order valence-corrected chi connectivity index (χ3v) is 17.1. The first-order chi connectivity index (χ1) is 34.0. The summed E-state index contributed by atoms with van der Waals surface area (Å²) < 4.78 is 0. The Morgan fingerprint density at radius 2 is 1.70 bits per heavy atom. The number of benzene rings is 3. The van der Waals surface area contributed by atoms with E-state index in [0.29, 0.717) is 85.6 Å². The van der Waals surface area contributed by atoms with Crippen LogP contribution in [0.4, 0.5) is 0 Å². The van der Waals surface area contributed by atoms with Crippen LogP contribution in [0.5, 0.6) is 5.75 Å². The number of fused-ring (bicyclic) bond motifs is 4. The van der Waals surface area contributed by atoms with Crippen molar-refractivity contribution in [1.29, 1.82) is 0 Å². The van der Waals surface area contributed by atoms with Crippen molar-refractivity contribution >= 4 is 11.7 Å². The maximum absolute atomic E-state index is 15.0. The third kappa shape index (κ3) is 11.2. The molecule has 5 aliphatic rings. The van der Waals surface area contributed by atoms with Crippen LogP contribution in [0.1, 0.15) is 131 Å². The van der Waals surface area contributed by atoms with Crippen LogP contribution in [0.25, 0.3) is 0 Å². The molecule has 0 aromatic heterocycles. The largest absolute Gasteiger partial charge is 0.508 e. The Labute approximate surface area is 420 Å². The van der Waals surface area contributed by atoms with E-state index < -0.39 is 53.4 Å². The number of nitrogens with one attached hydrogen (secondary N) is 2. The van der Waals surface area contributed by atoms with Crippen molar-refractivity contribution in [1.82, 2.24) is 10.6 Å². The molecule has 3 aromatic carbocycles. The van der Waals surface area contributed by atoms with Gasteiger partial charge in [-0.15, -0.1) is 0 Å². The summed E-state index contributed by atoms with van der Waals surface area (Å²) in [4.78, 5) is 29.0. The smallest absolute Gasteiger partial charge is 0.243 e. The van der Waals surface area contributed by atoms with E-state index in [0.717, 1.165) is 53.5 Å². The summed E-state index contributed by atoms with van der Waals surface area (Å²) in [6, 6.07) is 19.7. The van der Waals surface area contributed by atoms with Gasteiger partial charge in [-0.3, -0.25) is 14.9 Å². The van der Waals surface area contributed by atoms with Gasteiger partial charge >= 0.3 is 0 Å². The van der Waals surface area contributed by atoms with Gasteiger partial charge in [-0.05, 0) is 172 Å². The first kappa shape index (κ1) is 52.3. The van der Waals surface area contributed by atoms with Gasteiger partial charge in [0.25, 0.3) is 0 Å². The number of aliphatic hydroxyl groups excluding tert-OH is 4. The number of hydrogen-bond acceptors (Lipinski definition) is 10. The van der Waals surface area contributed by atoms with E-state index in [1.807, 2.05) is 73.7 Å². The summed E-state index contributed by atoms with van der Waals surface area (Å²) in [6.07, 6.45) is 11.6. The standard InChI is InChI=1S/C60H77N3O8/c1-36(2)10-5-11-37(3)12-6-16-44(35-64)53-43-17-9-26-59(71)27-25-48-38(4)51(67)32-42-15-8-18-49-54(42)55(58(70)63-57(49)61)62-34-52(68)45(29-39-19-21-46(65)22-20-39)30-40-13-7-14-41(28-40)31-47(66)23-24-50(48)60(59,33-43)56(53)69/h6-8,10,12-16,18-22,28,43,45,47,50,52-53,55-57,62,64-66,68-69,71H,3,5,9,11,17,23-27,29-35,61H2,1-2,4H3,(H,63,70)/b12-6+,44-16-,48-38+/t43-,45-,47-,50-,52-,53-,55-,56-,57-,59-,60-/m1/s1. The fraction of sp³-hybridized carbons (Fsp3) is 0.500. The SMILES string of the molecule is C=C(/C=C/C=C(/CO)[C@H]1[C@@H]2CCC[C@@]3(O)CC/C4=C(/C)C(=O)Cc5cccc6c5[C@@H](NC[C@@H](O)[C@H](Cc5ccc(O)cc5)Cc5cccc(c5)C[C@H](O)CC[C@H]4[C@]3(C2)[C@@H]1O)C(=O)N[C@H]6N)CCC=C(C)C. The normalized spacial score (nSPS) is 32.7. The van der Waals surface area contributed by atoms with Gasteiger partial charge in [0.15, 0.2) is 5.78 Å². The maximum Gasteiger partial charge on any atom is 0.243 e. The number of aliphatic hydroxyl groups is 5. The molecular formula is C60H77N3O8. The molecule has 11 atom stereocenters. The first-order valence-electron chi connectivity index (χ1n) is 26.1. The minimum atomic E-state index is -1.25. The third-order valence-electron chi connectivity index (χ3n) is 17.1. The van der Waals surface area contributed by atoms with Crippen LogP contribution in [0, 0.1) is 29.1 Å². The van der Waals surface area contributed by atoms with Gasteiger partial charge in [0.05, 0.1) is 30.5 Å². The van der Waals surface area contributed by atoms with Crippen LogP contribution in [-0.2, 0) is 35.3 Å². The van der Waals surface area contributed by atoms with E-state index in [1.165, 1.54) is 5.57 Å². The van der Waals surface area contributed by atoms with E-state index in [1.54, 1.807) is 12.1 Å². The number of phenols is 1. The number of Topliss-reactive ketones (excluding diaryl/α,β-unsaturated/α-hetero) is 1. The van der Waals surface area contributed by atoms with Crippen molar-refractivity contribution < 1.29 is 40.2 Å². The summed E-state index contributed by atoms with van der Waals surface area (Å²) in [6.45, 7) is 10.1. The number of aromatic hydroxyl groups is 1. The van der Waals surface area contributed by atoms with Gasteiger partial charge < -0.3 is 41.7 Å². The van der Waals surface area contributed by atoms with E-state index in [-0.39, 0.29) is 48.8 Å². The summed E-state index contributed by atoms with van der Waals surface area (Å²) in [5, 5.41) is 77.6. The summed E-state index contributed by atoms with van der Waals surface area (Å²) >= 11 is 0. The Morgan fingerprint density at radius 1 is 0.958 bits per heavy atom. The number of hydrogen-bond donors (Lipinski definition) is 9. The fourth-order valence-corrected chi connectivity index (χ4v) is 13.5. The van der Waals surface area contributed by atoms with E-state index >= 15 is 4.79 Å². The van der Waals surface area contributed by atoms with Crippen molar-refractivity contribution in [2.24, 2.45) is 34.8 Å². The Balaban J connectivity index is 1.19. The molecule has 3 saturated carbocycles. The van der Waals surface area contributed by atoms with E-state index in [9.17, 15) is 35.4 Å². The lowest BCUT2D eigenvalue weighted by molar-refractivity contribution is -0.181. The molecule has 2 aliphatic heterocycles. The summed E-state index contributed by atoms with van der Waals surface area (Å²) in [7, 11) is 0. The molecule has 4 bridgehead atoms. The highest BCUT2D eigenvalue weighted by Gasteiger charge is 2.68. The average molecular weight is 968 g/mol. The predicted molar refractivity (Wildman–Crippen MR) is 278 cm³/mol. The van der Waals surface area contributed by atoms with Gasteiger partial charge in [0.2, 0.25) is 5.91 Å². The average Bonchev–Trinajstić information content (AvgIpc) is 3.51. The molecule has 3 aromatic rings. The molecular weight excluding hydrogens is 891 g/mol. The number of ketones is 1. The lowest BCUT2D eigenvalue weighted by Gasteiger charge is -2.57. The van der Waals surface area contributed by atoms with Crippen molar-refractivity contribution in [2.75, 3.05) is 13.2 Å². The molecule has 71 heavy (non-hydrogen) atoms. The molecule has 2 heterocycles. The number of allylic oxidation sites excluding steroid dienone is 8. The van der Waals surface area contributed by atoms with E-state index in [2.05, 4.69) is 43.2 Å². The van der Waals surface area contributed by atoms with Gasteiger partial charge in [-0.25, -0.2) is 0 Å².